The van der Waals surface area contributed by atoms with Gasteiger partial charge in [0.15, 0.2) is 0 Å². The number of rotatable bonds is 0. The second-order valence-corrected chi connectivity index (χ2v) is 1.63. The molecule has 0 aliphatic carbocycles. The van der Waals surface area contributed by atoms with Gasteiger partial charge in [0.25, 0.3) is 0 Å². The summed E-state index contributed by atoms with van der Waals surface area (Å²) in [4.78, 5) is 25.7. The monoisotopic (exact) mass is 480 g/mol. The Bertz CT molecular complexity index is 184. The quantitative estimate of drug-likeness (QED) is 0.201. The van der Waals surface area contributed by atoms with Crippen molar-refractivity contribution < 1.29 is 108 Å². The summed E-state index contributed by atoms with van der Waals surface area (Å²) in [6.45, 7) is 0. The van der Waals surface area contributed by atoms with Gasteiger partial charge in [-0.2, -0.15) is 0 Å². The number of hydrogen-bond acceptors (Lipinski definition) is 5. The molecule has 0 fully saturated rings. The van der Waals surface area contributed by atoms with Gasteiger partial charge in [-0.25, -0.2) is 14.4 Å². The topological polar surface area (TPSA) is 207 Å². The van der Waals surface area contributed by atoms with Crippen LogP contribution < -0.4 is 29.6 Å². The molecule has 0 aliphatic rings. The van der Waals surface area contributed by atoms with Crippen molar-refractivity contribution in [3.05, 3.63) is 0 Å². The zero-order valence-corrected chi connectivity index (χ0v) is 13.9. The van der Waals surface area contributed by atoms with Crippen molar-refractivity contribution in [2.45, 2.75) is 0 Å². The van der Waals surface area contributed by atoms with Gasteiger partial charge < -0.3 is 32.1 Å². The summed E-state index contributed by atoms with van der Waals surface area (Å²) in [7, 11) is 0. The van der Waals surface area contributed by atoms with Crippen LogP contribution in [0.25, 0.3) is 0 Å². The van der Waals surface area contributed by atoms with E-state index in [2.05, 4.69) is 0 Å². The van der Waals surface area contributed by atoms with Crippen LogP contribution in [-0.2, 0) is 4.47 Å². The molecule has 0 unspecified atom stereocenters. The molecular formula is C3H7NaO11U. The van der Waals surface area contributed by atoms with Gasteiger partial charge in [0.05, 0.1) is 0 Å². The van der Waals surface area contributed by atoms with E-state index < -0.39 is 46.3 Å². The van der Waals surface area contributed by atoms with Gasteiger partial charge in [-0.15, -0.1) is 0 Å². The minimum atomic E-state index is -2.51. The van der Waals surface area contributed by atoms with E-state index in [1.54, 1.807) is 0 Å². The molecule has 0 aliphatic heterocycles. The maximum atomic E-state index is 8.58. The van der Waals surface area contributed by atoms with E-state index in [1.807, 2.05) is 0 Å². The van der Waals surface area contributed by atoms with Crippen molar-refractivity contribution in [3.8, 4) is 0 Å². The molecule has 0 saturated carbocycles. The third-order valence-corrected chi connectivity index (χ3v) is 0. The van der Waals surface area contributed by atoms with Gasteiger partial charge in [-0.05, 0) is 0 Å². The molecule has 6 N–H and O–H groups in total. The van der Waals surface area contributed by atoms with E-state index in [1.165, 1.54) is 0 Å². The summed E-state index contributed by atoms with van der Waals surface area (Å²) >= 11 is -2.51. The standard InChI is InChI=1S/3CH2O3.Na.2O.U.H/c3*2-1(3)4;;;;;/h3*(H2,2,3,4);;;;;/q;;;+1;;;;-1. The predicted molar refractivity (Wildman–Crippen MR) is 34.4 cm³/mol. The van der Waals surface area contributed by atoms with E-state index in [-0.39, 0.29) is 31.0 Å². The molecule has 0 saturated heterocycles. The van der Waals surface area contributed by atoms with Gasteiger partial charge in [-0.1, -0.05) is 0 Å². The van der Waals surface area contributed by atoms with E-state index in [0.29, 0.717) is 0 Å². The van der Waals surface area contributed by atoms with Crippen LogP contribution in [0, 0.1) is 27.8 Å². The first kappa shape index (κ1) is 29.5. The van der Waals surface area contributed by atoms with Crippen LogP contribution >= 0.6 is 0 Å². The third kappa shape index (κ3) is 7220. The summed E-state index contributed by atoms with van der Waals surface area (Å²) in [5.41, 5.74) is 0. The van der Waals surface area contributed by atoms with Gasteiger partial charge in [-0.3, -0.25) is 0 Å². The molecule has 0 spiro atoms. The fourth-order valence-electron chi connectivity index (χ4n) is 0. The van der Waals surface area contributed by atoms with Crippen LogP contribution in [0.3, 0.4) is 0 Å². The van der Waals surface area contributed by atoms with Gasteiger partial charge >= 0.3 is 80.3 Å². The second kappa shape index (κ2) is 29.3. The fourth-order valence-corrected chi connectivity index (χ4v) is 0. The number of carbonyl (C=O) groups is 3. The Morgan fingerprint density at radius 3 is 0.688 bits per heavy atom. The zero-order valence-electron chi connectivity index (χ0n) is 8.72. The first-order chi connectivity index (χ1) is 6.61. The Hall–Kier alpha value is -0.538. The van der Waals surface area contributed by atoms with Crippen LogP contribution in [0.4, 0.5) is 14.4 Å². The molecular weight excluding hydrogens is 473 g/mol. The first-order valence-corrected chi connectivity index (χ1v) is 5.76. The molecule has 13 heteroatoms. The van der Waals surface area contributed by atoms with Gasteiger partial charge in [0.2, 0.25) is 0 Å². The van der Waals surface area contributed by atoms with Crippen molar-refractivity contribution >= 4 is 18.5 Å². The molecule has 0 aromatic heterocycles. The van der Waals surface area contributed by atoms with E-state index in [9.17, 15) is 0 Å². The second-order valence-electron chi connectivity index (χ2n) is 0.931. The van der Waals surface area contributed by atoms with E-state index in [0.717, 1.165) is 0 Å². The zero-order chi connectivity index (χ0) is 13.4. The third-order valence-electron chi connectivity index (χ3n) is 0. The fraction of sp³-hybridized carbons (Fsp3) is 0. The predicted octanol–water partition coefficient (Wildman–Crippen LogP) is -2.45. The summed E-state index contributed by atoms with van der Waals surface area (Å²) in [5.74, 6) is 0. The van der Waals surface area contributed by atoms with Crippen molar-refractivity contribution in [1.29, 1.82) is 0 Å². The Labute approximate surface area is 126 Å². The first-order valence-electron chi connectivity index (χ1n) is 2.36. The molecule has 0 bridgehead atoms. The molecule has 11 nitrogen and oxygen atoms in total. The van der Waals surface area contributed by atoms with Crippen LogP contribution in [0.1, 0.15) is 1.43 Å². The molecule has 0 atom stereocenters. The molecule has 0 rings (SSSR count). The normalized spacial score (nSPS) is 5.00. The van der Waals surface area contributed by atoms with Crippen LogP contribution in [0.2, 0.25) is 0 Å². The SMILES string of the molecule is O=C(O)O.O=C(O)O.O=C(O)O.[H-].[Na+].[O]=[U]=[O]. The van der Waals surface area contributed by atoms with Gasteiger partial charge in [0.1, 0.15) is 0 Å². The molecule has 0 aromatic carbocycles. The molecule has 0 heterocycles. The Kier molecular flexibility index (Phi) is 54.1. The maximum absolute atomic E-state index is 8.58. The van der Waals surface area contributed by atoms with Crippen LogP contribution in [-0.4, -0.2) is 49.1 Å². The number of hydrogen-bond donors (Lipinski definition) is 6. The van der Waals surface area contributed by atoms with Crippen molar-refractivity contribution in [2.75, 3.05) is 0 Å². The van der Waals surface area contributed by atoms with Gasteiger partial charge in [0, 0.05) is 0 Å². The average molecular weight is 480 g/mol. The molecule has 0 amide bonds. The van der Waals surface area contributed by atoms with E-state index >= 15 is 0 Å². The van der Waals surface area contributed by atoms with Crippen LogP contribution in [0.15, 0.2) is 0 Å². The van der Waals surface area contributed by atoms with E-state index in [4.69, 9.17) is 49.5 Å². The Balaban J connectivity index is -0.0000000230. The molecule has 0 aromatic rings. The number of carboxylic acid groups (broad SMARTS) is 6. The molecule has 0 radical (unpaired) electrons. The Morgan fingerprint density at radius 1 is 0.688 bits per heavy atom. The van der Waals surface area contributed by atoms with Crippen LogP contribution in [0.5, 0.6) is 0 Å². The Morgan fingerprint density at radius 2 is 0.688 bits per heavy atom. The summed E-state index contributed by atoms with van der Waals surface area (Å²) in [6, 6.07) is 0. The summed E-state index contributed by atoms with van der Waals surface area (Å²) in [5, 5.41) is 41.8. The molecule has 90 valence electrons. The van der Waals surface area contributed by atoms with Crippen molar-refractivity contribution in [2.24, 2.45) is 0 Å². The average Bonchev–Trinajstić information content (AvgIpc) is 1.81. The summed E-state index contributed by atoms with van der Waals surface area (Å²) < 4.78 is 17.2. The summed E-state index contributed by atoms with van der Waals surface area (Å²) in [6.07, 6.45) is -5.50. The minimum absolute atomic E-state index is 0. The van der Waals surface area contributed by atoms with Crippen molar-refractivity contribution in [1.82, 2.24) is 0 Å². The van der Waals surface area contributed by atoms with Crippen molar-refractivity contribution in [3.63, 3.8) is 0 Å². The molecule has 16 heavy (non-hydrogen) atoms.